The fourth-order valence-corrected chi connectivity index (χ4v) is 1.40. The van der Waals surface area contributed by atoms with Gasteiger partial charge in [-0.3, -0.25) is 0 Å². The summed E-state index contributed by atoms with van der Waals surface area (Å²) in [4.78, 5) is 0. The van der Waals surface area contributed by atoms with Crippen LogP contribution in [0.25, 0.3) is 0 Å². The Balaban J connectivity index is 3.21. The molecule has 1 unspecified atom stereocenters. The second kappa shape index (κ2) is 10.6. The van der Waals surface area contributed by atoms with E-state index in [2.05, 4.69) is 18.2 Å². The molecule has 0 aromatic heterocycles. The summed E-state index contributed by atoms with van der Waals surface area (Å²) >= 11 is 0. The molecule has 0 rings (SSSR count). The topological polar surface area (TPSA) is 32.3 Å². The molecular weight excluding hydrogens is 174 g/mol. The maximum atomic E-state index is 8.58. The van der Waals surface area contributed by atoms with Gasteiger partial charge in [0.15, 0.2) is 0 Å². The highest BCUT2D eigenvalue weighted by Crippen LogP contribution is 2.00. The molecule has 0 aliphatic heterocycles. The molecular formula is C12H23NO. The van der Waals surface area contributed by atoms with Gasteiger partial charge >= 0.3 is 0 Å². The summed E-state index contributed by atoms with van der Waals surface area (Å²) in [6, 6.07) is 0.484. The molecule has 2 nitrogen and oxygen atoms in total. The first-order valence-corrected chi connectivity index (χ1v) is 5.62. The standard InChI is InChI=1S/C12H23NO/c1-3-9-12(4-2)13-10-7-5-6-8-11-14/h1,12-14H,4-11H2,2H3. The highest BCUT2D eigenvalue weighted by atomic mass is 16.2. The number of aliphatic hydroxyl groups is 1. The van der Waals surface area contributed by atoms with Gasteiger partial charge in [0.1, 0.15) is 0 Å². The molecule has 0 heterocycles. The first-order chi connectivity index (χ1) is 6.85. The van der Waals surface area contributed by atoms with Crippen molar-refractivity contribution in [2.75, 3.05) is 13.2 Å². The van der Waals surface area contributed by atoms with Gasteiger partial charge in [-0.2, -0.15) is 0 Å². The van der Waals surface area contributed by atoms with Gasteiger partial charge in [-0.1, -0.05) is 19.8 Å². The normalized spacial score (nSPS) is 12.4. The molecule has 0 saturated heterocycles. The molecule has 0 aromatic rings. The Hall–Kier alpha value is -0.520. The van der Waals surface area contributed by atoms with Crippen LogP contribution in [0.15, 0.2) is 0 Å². The van der Waals surface area contributed by atoms with Gasteiger partial charge < -0.3 is 10.4 Å². The van der Waals surface area contributed by atoms with Crippen LogP contribution >= 0.6 is 0 Å². The predicted molar refractivity (Wildman–Crippen MR) is 61.1 cm³/mol. The molecule has 0 spiro atoms. The third-order valence-electron chi connectivity index (χ3n) is 2.37. The van der Waals surface area contributed by atoms with Gasteiger partial charge in [0.2, 0.25) is 0 Å². The smallest absolute Gasteiger partial charge is 0.0431 e. The van der Waals surface area contributed by atoms with E-state index >= 15 is 0 Å². The van der Waals surface area contributed by atoms with Gasteiger partial charge in [0, 0.05) is 19.1 Å². The fourth-order valence-electron chi connectivity index (χ4n) is 1.40. The van der Waals surface area contributed by atoms with Gasteiger partial charge in [-0.05, 0) is 25.8 Å². The van der Waals surface area contributed by atoms with E-state index in [1.807, 2.05) is 0 Å². The van der Waals surface area contributed by atoms with Crippen molar-refractivity contribution in [1.82, 2.24) is 5.32 Å². The lowest BCUT2D eigenvalue weighted by Crippen LogP contribution is -2.28. The van der Waals surface area contributed by atoms with E-state index in [1.165, 1.54) is 12.8 Å². The molecule has 0 saturated carbocycles. The maximum Gasteiger partial charge on any atom is 0.0431 e. The van der Waals surface area contributed by atoms with E-state index in [4.69, 9.17) is 11.5 Å². The molecule has 2 heteroatoms. The third-order valence-corrected chi connectivity index (χ3v) is 2.37. The minimum Gasteiger partial charge on any atom is -0.396 e. The van der Waals surface area contributed by atoms with E-state index in [9.17, 15) is 0 Å². The number of terminal acetylenes is 1. The van der Waals surface area contributed by atoms with Gasteiger partial charge in [-0.15, -0.1) is 12.3 Å². The minimum absolute atomic E-state index is 0.322. The van der Waals surface area contributed by atoms with Crippen LogP contribution in [0.2, 0.25) is 0 Å². The quantitative estimate of drug-likeness (QED) is 0.437. The zero-order chi connectivity index (χ0) is 10.6. The molecule has 0 amide bonds. The zero-order valence-electron chi connectivity index (χ0n) is 9.26. The molecule has 0 bridgehead atoms. The minimum atomic E-state index is 0.322. The number of unbranched alkanes of at least 4 members (excludes halogenated alkanes) is 3. The largest absolute Gasteiger partial charge is 0.396 e. The number of aliphatic hydroxyl groups excluding tert-OH is 1. The van der Waals surface area contributed by atoms with Crippen molar-refractivity contribution in [1.29, 1.82) is 0 Å². The Morgan fingerprint density at radius 3 is 2.57 bits per heavy atom. The van der Waals surface area contributed by atoms with Crippen LogP contribution in [0.5, 0.6) is 0 Å². The Bertz CT molecular complexity index is 151. The summed E-state index contributed by atoms with van der Waals surface area (Å²) in [6.07, 6.45) is 11.6. The second-order valence-electron chi connectivity index (χ2n) is 3.61. The lowest BCUT2D eigenvalue weighted by molar-refractivity contribution is 0.282. The molecule has 1 atom stereocenters. The predicted octanol–water partition coefficient (Wildman–Crippen LogP) is 1.93. The third kappa shape index (κ3) is 8.10. The van der Waals surface area contributed by atoms with E-state index < -0.39 is 0 Å². The fraction of sp³-hybridized carbons (Fsp3) is 0.833. The van der Waals surface area contributed by atoms with Crippen molar-refractivity contribution in [2.45, 2.75) is 51.5 Å². The van der Waals surface area contributed by atoms with Crippen molar-refractivity contribution in [3.8, 4) is 12.3 Å². The summed E-state index contributed by atoms with van der Waals surface area (Å²) in [5, 5.41) is 12.0. The Morgan fingerprint density at radius 1 is 1.29 bits per heavy atom. The molecule has 0 fully saturated rings. The van der Waals surface area contributed by atoms with E-state index in [0.29, 0.717) is 12.6 Å². The number of hydrogen-bond acceptors (Lipinski definition) is 2. The molecule has 0 aliphatic rings. The van der Waals surface area contributed by atoms with E-state index in [-0.39, 0.29) is 0 Å². The van der Waals surface area contributed by atoms with Crippen molar-refractivity contribution in [3.05, 3.63) is 0 Å². The Kier molecular flexibility index (Phi) is 10.2. The van der Waals surface area contributed by atoms with E-state index in [0.717, 1.165) is 32.2 Å². The van der Waals surface area contributed by atoms with Crippen LogP contribution in [-0.2, 0) is 0 Å². The first kappa shape index (κ1) is 13.5. The number of nitrogens with one attached hydrogen (secondary N) is 1. The van der Waals surface area contributed by atoms with Crippen LogP contribution in [0.3, 0.4) is 0 Å². The van der Waals surface area contributed by atoms with Gasteiger partial charge in [0.05, 0.1) is 0 Å². The van der Waals surface area contributed by atoms with Crippen LogP contribution < -0.4 is 5.32 Å². The Morgan fingerprint density at radius 2 is 2.00 bits per heavy atom. The van der Waals surface area contributed by atoms with E-state index in [1.54, 1.807) is 0 Å². The van der Waals surface area contributed by atoms with Crippen molar-refractivity contribution in [3.63, 3.8) is 0 Å². The summed E-state index contributed by atoms with van der Waals surface area (Å²) in [7, 11) is 0. The molecule has 82 valence electrons. The average Bonchev–Trinajstić information content (AvgIpc) is 2.21. The van der Waals surface area contributed by atoms with Crippen molar-refractivity contribution in [2.24, 2.45) is 0 Å². The molecule has 14 heavy (non-hydrogen) atoms. The lowest BCUT2D eigenvalue weighted by Gasteiger charge is -2.13. The highest BCUT2D eigenvalue weighted by molar-refractivity contribution is 4.89. The van der Waals surface area contributed by atoms with Crippen molar-refractivity contribution < 1.29 is 5.11 Å². The van der Waals surface area contributed by atoms with Gasteiger partial charge in [0.25, 0.3) is 0 Å². The monoisotopic (exact) mass is 197 g/mol. The average molecular weight is 197 g/mol. The van der Waals surface area contributed by atoms with Gasteiger partial charge in [-0.25, -0.2) is 0 Å². The lowest BCUT2D eigenvalue weighted by atomic mass is 10.1. The SMILES string of the molecule is C#CCC(CC)NCCCCCCO. The highest BCUT2D eigenvalue weighted by Gasteiger charge is 2.01. The molecule has 0 aliphatic carbocycles. The second-order valence-corrected chi connectivity index (χ2v) is 3.61. The first-order valence-electron chi connectivity index (χ1n) is 5.62. The molecule has 2 N–H and O–H groups in total. The van der Waals surface area contributed by atoms with Crippen LogP contribution in [-0.4, -0.2) is 24.3 Å². The summed E-state index contributed by atoms with van der Waals surface area (Å²) in [5.41, 5.74) is 0. The van der Waals surface area contributed by atoms with Crippen molar-refractivity contribution >= 4 is 0 Å². The molecule has 0 radical (unpaired) electrons. The Labute approximate surface area is 88.1 Å². The van der Waals surface area contributed by atoms with Crippen LogP contribution in [0, 0.1) is 12.3 Å². The van der Waals surface area contributed by atoms with Crippen LogP contribution in [0.1, 0.15) is 45.4 Å². The number of hydrogen-bond donors (Lipinski definition) is 2. The maximum absolute atomic E-state index is 8.58. The molecule has 0 aromatic carbocycles. The summed E-state index contributed by atoms with van der Waals surface area (Å²) in [6.45, 7) is 3.52. The number of rotatable bonds is 9. The van der Waals surface area contributed by atoms with Crippen LogP contribution in [0.4, 0.5) is 0 Å². The zero-order valence-corrected chi connectivity index (χ0v) is 9.26. The summed E-state index contributed by atoms with van der Waals surface area (Å²) < 4.78 is 0. The summed E-state index contributed by atoms with van der Waals surface area (Å²) in [5.74, 6) is 2.68.